The molecule has 0 bridgehead atoms. The lowest BCUT2D eigenvalue weighted by atomic mass is 10.1. The Morgan fingerprint density at radius 3 is 2.81 bits per heavy atom. The largest absolute Gasteiger partial charge is 0.473 e. The van der Waals surface area contributed by atoms with Gasteiger partial charge in [0.1, 0.15) is 12.3 Å². The van der Waals surface area contributed by atoms with E-state index in [1.165, 1.54) is 6.42 Å². The number of anilines is 2. The Hall–Kier alpha value is -3.24. The smallest absolute Gasteiger partial charge is 0.257 e. The number of methoxy groups -OCH3 is 1. The summed E-state index contributed by atoms with van der Waals surface area (Å²) < 4.78 is 12.4. The molecule has 4 rings (SSSR count). The van der Waals surface area contributed by atoms with Gasteiger partial charge >= 0.3 is 0 Å². The van der Waals surface area contributed by atoms with Crippen LogP contribution >= 0.6 is 0 Å². The van der Waals surface area contributed by atoms with Crippen LogP contribution in [0.4, 0.5) is 11.6 Å². The molecule has 164 valence electrons. The van der Waals surface area contributed by atoms with Gasteiger partial charge in [0, 0.05) is 18.9 Å². The summed E-state index contributed by atoms with van der Waals surface area (Å²) in [5.74, 6) is 0.965. The van der Waals surface area contributed by atoms with Crippen LogP contribution in [0.15, 0.2) is 30.7 Å². The van der Waals surface area contributed by atoms with Gasteiger partial charge in [-0.1, -0.05) is 6.42 Å². The highest BCUT2D eigenvalue weighted by Crippen LogP contribution is 2.24. The normalized spacial score (nSPS) is 14.6. The number of nitrogen functional groups attached to an aromatic ring is 1. The van der Waals surface area contributed by atoms with Gasteiger partial charge in [-0.05, 0) is 38.1 Å². The van der Waals surface area contributed by atoms with E-state index in [1.807, 2.05) is 22.7 Å². The third-order valence-corrected chi connectivity index (χ3v) is 5.12. The van der Waals surface area contributed by atoms with E-state index in [4.69, 9.17) is 15.2 Å². The van der Waals surface area contributed by atoms with Crippen molar-refractivity contribution in [3.05, 3.63) is 30.7 Å². The van der Waals surface area contributed by atoms with Gasteiger partial charge in [0.2, 0.25) is 5.91 Å². The Morgan fingerprint density at radius 1 is 1.16 bits per heavy atom. The fourth-order valence-corrected chi connectivity index (χ4v) is 3.55. The molecule has 3 aromatic heterocycles. The summed E-state index contributed by atoms with van der Waals surface area (Å²) in [7, 11) is 1.60. The highest BCUT2D eigenvalue weighted by molar-refractivity contribution is 5.91. The Balaban J connectivity index is 1.47. The van der Waals surface area contributed by atoms with Gasteiger partial charge < -0.3 is 24.9 Å². The molecular formula is C21H27N7O3. The molecule has 10 nitrogen and oxygen atoms in total. The quantitative estimate of drug-likeness (QED) is 0.525. The minimum absolute atomic E-state index is 0.0484. The fourth-order valence-electron chi connectivity index (χ4n) is 3.55. The summed E-state index contributed by atoms with van der Waals surface area (Å²) in [6.07, 6.45) is 8.80. The minimum atomic E-state index is -0.0484. The highest BCUT2D eigenvalue weighted by Gasteiger charge is 2.15. The zero-order valence-corrected chi connectivity index (χ0v) is 17.6. The predicted molar refractivity (Wildman–Crippen MR) is 117 cm³/mol. The van der Waals surface area contributed by atoms with E-state index in [0.717, 1.165) is 37.1 Å². The number of imidazole rings is 1. The second kappa shape index (κ2) is 9.71. The molecule has 3 aromatic rings. The molecule has 0 atom stereocenters. The summed E-state index contributed by atoms with van der Waals surface area (Å²) in [4.78, 5) is 27.7. The number of carbonyl (C=O) groups is 1. The number of carbonyl (C=O) groups excluding carboxylic acids is 1. The van der Waals surface area contributed by atoms with E-state index in [9.17, 15) is 4.79 Å². The van der Waals surface area contributed by atoms with E-state index in [1.54, 1.807) is 19.5 Å². The average Bonchev–Trinajstić information content (AvgIpc) is 3.17. The number of likely N-dealkylation sites (tertiary alicyclic amines) is 1. The summed E-state index contributed by atoms with van der Waals surface area (Å²) in [6, 6.07) is 3.75. The van der Waals surface area contributed by atoms with Gasteiger partial charge in [-0.3, -0.25) is 9.69 Å². The maximum absolute atomic E-state index is 12.4. The van der Waals surface area contributed by atoms with Crippen molar-refractivity contribution < 1.29 is 14.3 Å². The number of hydrogen-bond donors (Lipinski definition) is 2. The number of aromatic nitrogens is 4. The van der Waals surface area contributed by atoms with Crippen LogP contribution in [0.25, 0.3) is 16.9 Å². The van der Waals surface area contributed by atoms with E-state index < -0.39 is 0 Å². The highest BCUT2D eigenvalue weighted by atomic mass is 16.5. The van der Waals surface area contributed by atoms with Gasteiger partial charge in [-0.2, -0.15) is 0 Å². The molecule has 0 unspecified atom stereocenters. The van der Waals surface area contributed by atoms with Crippen LogP contribution in [0.3, 0.4) is 0 Å². The SMILES string of the molecule is COCCOc1nc(-c2ccc3nc(NC(=O)CN4CCCCC4)cn3c2)cnc1N. The van der Waals surface area contributed by atoms with Gasteiger partial charge in [0.05, 0.1) is 31.2 Å². The van der Waals surface area contributed by atoms with Gasteiger partial charge in [-0.25, -0.2) is 15.0 Å². The number of pyridine rings is 1. The first-order valence-corrected chi connectivity index (χ1v) is 10.4. The number of nitrogens with zero attached hydrogens (tertiary/aromatic N) is 5. The zero-order valence-electron chi connectivity index (χ0n) is 17.6. The van der Waals surface area contributed by atoms with Crippen molar-refractivity contribution in [2.24, 2.45) is 0 Å². The third kappa shape index (κ3) is 5.28. The minimum Gasteiger partial charge on any atom is -0.473 e. The molecule has 1 saturated heterocycles. The van der Waals surface area contributed by atoms with Crippen LogP contribution in [0.1, 0.15) is 19.3 Å². The maximum Gasteiger partial charge on any atom is 0.257 e. The number of piperidine rings is 1. The second-order valence-corrected chi connectivity index (χ2v) is 7.48. The maximum atomic E-state index is 12.4. The van der Waals surface area contributed by atoms with Crippen molar-refractivity contribution in [2.45, 2.75) is 19.3 Å². The molecule has 10 heteroatoms. The summed E-state index contributed by atoms with van der Waals surface area (Å²) in [5, 5.41) is 2.89. The zero-order chi connectivity index (χ0) is 21.6. The number of fused-ring (bicyclic) bond motifs is 1. The molecule has 1 amide bonds. The first-order valence-electron chi connectivity index (χ1n) is 10.4. The summed E-state index contributed by atoms with van der Waals surface area (Å²) in [5.41, 5.74) is 8.02. The van der Waals surface area contributed by atoms with Gasteiger partial charge in [-0.15, -0.1) is 0 Å². The van der Waals surface area contributed by atoms with Crippen LogP contribution in [0, 0.1) is 0 Å². The van der Waals surface area contributed by atoms with Crippen molar-refractivity contribution in [1.82, 2.24) is 24.3 Å². The van der Waals surface area contributed by atoms with Crippen molar-refractivity contribution in [3.63, 3.8) is 0 Å². The average molecular weight is 425 g/mol. The molecule has 0 aliphatic carbocycles. The molecule has 0 spiro atoms. The van der Waals surface area contributed by atoms with Crippen LogP contribution in [-0.2, 0) is 9.53 Å². The second-order valence-electron chi connectivity index (χ2n) is 7.48. The molecule has 4 heterocycles. The standard InChI is InChI=1S/C21H27N7O3/c1-30-9-10-31-21-20(22)23-11-16(24-21)15-5-6-18-25-17(13-28(18)12-15)26-19(29)14-27-7-3-2-4-8-27/h5-6,11-13H,2-4,7-10,14H2,1H3,(H2,22,23)(H,26,29). The lowest BCUT2D eigenvalue weighted by Crippen LogP contribution is -2.36. The van der Waals surface area contributed by atoms with Crippen molar-refractivity contribution in [3.8, 4) is 17.1 Å². The molecule has 1 aliphatic rings. The van der Waals surface area contributed by atoms with E-state index in [-0.39, 0.29) is 17.6 Å². The molecular weight excluding hydrogens is 398 g/mol. The van der Waals surface area contributed by atoms with E-state index >= 15 is 0 Å². The number of ether oxygens (including phenoxy) is 2. The Bertz CT molecular complexity index is 1050. The lowest BCUT2D eigenvalue weighted by Gasteiger charge is -2.25. The summed E-state index contributed by atoms with van der Waals surface area (Å²) >= 11 is 0. The van der Waals surface area contributed by atoms with E-state index in [2.05, 4.69) is 25.2 Å². The van der Waals surface area contributed by atoms with Crippen molar-refractivity contribution in [1.29, 1.82) is 0 Å². The summed E-state index contributed by atoms with van der Waals surface area (Å²) in [6.45, 7) is 3.11. The van der Waals surface area contributed by atoms with Crippen LogP contribution in [-0.4, -0.2) is 70.1 Å². The van der Waals surface area contributed by atoms with Gasteiger partial charge in [0.15, 0.2) is 11.6 Å². The van der Waals surface area contributed by atoms with Crippen molar-refractivity contribution in [2.75, 3.05) is 51.0 Å². The third-order valence-electron chi connectivity index (χ3n) is 5.12. The van der Waals surface area contributed by atoms with E-state index in [0.29, 0.717) is 31.3 Å². The molecule has 0 aromatic carbocycles. The van der Waals surface area contributed by atoms with Gasteiger partial charge in [0.25, 0.3) is 5.88 Å². The van der Waals surface area contributed by atoms with Crippen molar-refractivity contribution >= 4 is 23.2 Å². The molecule has 1 aliphatic heterocycles. The number of rotatable bonds is 8. The monoisotopic (exact) mass is 425 g/mol. The number of nitrogens with two attached hydrogens (primary N) is 1. The molecule has 1 fully saturated rings. The molecule has 0 radical (unpaired) electrons. The molecule has 3 N–H and O–H groups in total. The number of nitrogens with one attached hydrogen (secondary N) is 1. The Labute approximate surface area is 180 Å². The van der Waals surface area contributed by atoms with Crippen LogP contribution in [0.2, 0.25) is 0 Å². The first-order chi connectivity index (χ1) is 15.1. The fraction of sp³-hybridized carbons (Fsp3) is 0.429. The molecule has 31 heavy (non-hydrogen) atoms. The Kier molecular flexibility index (Phi) is 6.58. The lowest BCUT2D eigenvalue weighted by molar-refractivity contribution is -0.117. The first kappa shape index (κ1) is 21.0. The van der Waals surface area contributed by atoms with Crippen LogP contribution in [0.5, 0.6) is 5.88 Å². The van der Waals surface area contributed by atoms with Crippen LogP contribution < -0.4 is 15.8 Å². The molecule has 0 saturated carbocycles. The Morgan fingerprint density at radius 2 is 2.00 bits per heavy atom. The number of hydrogen-bond acceptors (Lipinski definition) is 8. The predicted octanol–water partition coefficient (Wildman–Crippen LogP) is 1.82. The topological polar surface area (TPSA) is 120 Å². The number of amides is 1.